The predicted octanol–water partition coefficient (Wildman–Crippen LogP) is 27.2. The number of carbonyl (C=O) groups is 1. The van der Waals surface area contributed by atoms with Crippen molar-refractivity contribution in [2.24, 2.45) is 20.5 Å². The fourth-order valence-electron chi connectivity index (χ4n) is 11.8. The highest BCUT2D eigenvalue weighted by Gasteiger charge is 2.15. The SMILES string of the molecule is CCCCCCCCCCCCOc1ccc2cc1Cc1cc(ccc1OCCCCCCCCCCCC)N=Nc1ccc(C)c(c1)Cc1cc(ccc1C)N=N2.CCCCCCOC(=O)c1ccc(/C=C/c2ccc(C)cc2)cc1.Cc1ccc(/C=C/c2ccc([N+](=O)[O-])cc2)cc1. The van der Waals surface area contributed by atoms with Crippen LogP contribution in [0.3, 0.4) is 0 Å². The number of hydrogen-bond donors (Lipinski definition) is 0. The lowest BCUT2D eigenvalue weighted by Gasteiger charge is -2.16. The van der Waals surface area contributed by atoms with Crippen LogP contribution in [0, 0.1) is 37.8 Å². The van der Waals surface area contributed by atoms with E-state index in [9.17, 15) is 14.9 Å². The van der Waals surface area contributed by atoms with E-state index in [0.717, 1.165) is 99.7 Å². The summed E-state index contributed by atoms with van der Waals surface area (Å²) in [6, 6.07) is 55.7. The summed E-state index contributed by atoms with van der Waals surface area (Å²) in [5.41, 5.74) is 17.8. The number of nitro groups is 1. The quantitative estimate of drug-likeness (QED) is 0.0128. The van der Waals surface area contributed by atoms with Gasteiger partial charge in [-0.1, -0.05) is 264 Å². The van der Waals surface area contributed by atoms with Crippen molar-refractivity contribution in [1.82, 2.24) is 0 Å². The average Bonchev–Trinajstić information content (AvgIpc) is 0.831. The van der Waals surface area contributed by atoms with E-state index in [1.54, 1.807) is 12.1 Å². The van der Waals surface area contributed by atoms with Crippen LogP contribution in [0.5, 0.6) is 11.5 Å². The summed E-state index contributed by atoms with van der Waals surface area (Å²) in [7, 11) is 0. The third-order valence-corrected chi connectivity index (χ3v) is 18.2. The third-order valence-electron chi connectivity index (χ3n) is 18.2. The summed E-state index contributed by atoms with van der Waals surface area (Å²) in [4.78, 5) is 22.1. The Hall–Kier alpha value is -9.09. The fourth-order valence-corrected chi connectivity index (χ4v) is 11.8. The van der Waals surface area contributed by atoms with Gasteiger partial charge in [-0.05, 0) is 183 Å². The van der Waals surface area contributed by atoms with Gasteiger partial charge in [-0.3, -0.25) is 10.1 Å². The number of non-ortho nitro benzene ring substituents is 1. The lowest BCUT2D eigenvalue weighted by Crippen LogP contribution is -2.06. The number of fused-ring (bicyclic) bond motifs is 8. The Kier molecular flexibility index (Phi) is 35.6. The molecule has 0 amide bonds. The van der Waals surface area contributed by atoms with Crippen LogP contribution in [0.2, 0.25) is 0 Å². The Morgan fingerprint density at radius 2 is 0.670 bits per heavy atom. The van der Waals surface area contributed by atoms with Crippen molar-refractivity contribution in [3.63, 3.8) is 0 Å². The zero-order valence-corrected chi connectivity index (χ0v) is 61.2. The number of benzene rings is 8. The molecule has 0 spiro atoms. The molecular formula is C89H111N5O6. The normalized spacial score (nSPS) is 11.7. The summed E-state index contributed by atoms with van der Waals surface area (Å²) in [6.07, 6.45) is 39.9. The maximum absolute atomic E-state index is 12.0. The van der Waals surface area contributed by atoms with Crippen LogP contribution >= 0.6 is 0 Å². The lowest BCUT2D eigenvalue weighted by atomic mass is 9.96. The van der Waals surface area contributed by atoms with Crippen LogP contribution in [0.4, 0.5) is 28.4 Å². The molecule has 8 bridgehead atoms. The van der Waals surface area contributed by atoms with Gasteiger partial charge in [0, 0.05) is 29.7 Å². The number of azo groups is 2. The van der Waals surface area contributed by atoms with Gasteiger partial charge in [-0.25, -0.2) is 4.79 Å². The van der Waals surface area contributed by atoms with E-state index in [0.29, 0.717) is 31.8 Å². The number of carbonyl (C=O) groups excluding carboxylic acids is 1. The van der Waals surface area contributed by atoms with Crippen molar-refractivity contribution < 1.29 is 23.9 Å². The van der Waals surface area contributed by atoms with E-state index in [4.69, 9.17) is 34.7 Å². The summed E-state index contributed by atoms with van der Waals surface area (Å²) < 4.78 is 18.4. The number of unbranched alkanes of at least 4 members (excludes halogenated alkanes) is 21. The second-order valence-corrected chi connectivity index (χ2v) is 26.8. The summed E-state index contributed by atoms with van der Waals surface area (Å²) in [5.74, 6) is 1.55. The van der Waals surface area contributed by atoms with Crippen LogP contribution in [-0.2, 0) is 17.6 Å². The smallest absolute Gasteiger partial charge is 0.338 e. The molecule has 11 heteroatoms. The van der Waals surface area contributed by atoms with Gasteiger partial charge in [0.05, 0.1) is 53.1 Å². The van der Waals surface area contributed by atoms with E-state index < -0.39 is 4.92 Å². The van der Waals surface area contributed by atoms with E-state index in [2.05, 4.69) is 133 Å². The molecule has 0 aliphatic carbocycles. The minimum Gasteiger partial charge on any atom is -0.493 e. The molecule has 100 heavy (non-hydrogen) atoms. The second kappa shape index (κ2) is 45.6. The van der Waals surface area contributed by atoms with Crippen LogP contribution in [0.15, 0.2) is 190 Å². The third kappa shape index (κ3) is 29.8. The van der Waals surface area contributed by atoms with Crippen LogP contribution in [0.25, 0.3) is 24.3 Å². The van der Waals surface area contributed by atoms with Gasteiger partial charge in [0.2, 0.25) is 0 Å². The molecular weight excluding hydrogens is 1240 g/mol. The highest BCUT2D eigenvalue weighted by Crippen LogP contribution is 2.35. The van der Waals surface area contributed by atoms with Gasteiger partial charge in [0.1, 0.15) is 11.5 Å². The molecule has 0 atom stereocenters. The van der Waals surface area contributed by atoms with Gasteiger partial charge in [-0.15, -0.1) is 0 Å². The maximum atomic E-state index is 12.0. The Morgan fingerprint density at radius 1 is 0.370 bits per heavy atom. The monoisotopic (exact) mass is 1350 g/mol. The van der Waals surface area contributed by atoms with Crippen molar-refractivity contribution in [3.8, 4) is 11.5 Å². The standard InChI is InChI=1S/C52H72N4O2.C22H26O2.C15H13NO2/c1-5-7-9-11-13-15-17-19-21-23-33-57-51-31-29-49-39-45(51)36-46-40-50(30-32-52(46)58-34-24-22-20-18-16-14-12-10-8-6-2)56-54-48-28-26-42(4)44(38-48)35-43-37-47(53-55-49)27-25-41(43)3;1-3-4-5-6-17-24-22(23)21-15-13-20(14-16-21)12-11-19-9-7-18(2)8-10-19;1-12-2-4-13(5-3-12)6-7-14-8-10-15(11-9-14)16(17)18/h25-32,37-40H,5-24,33-36H2,1-4H3;7-16H,3-6,17H2,1-2H3;2-11H,1H3/b;12-11+;7-6+. The molecule has 8 aromatic carbocycles. The maximum Gasteiger partial charge on any atom is 0.338 e. The number of ether oxygens (including phenoxy) is 3. The summed E-state index contributed by atoms with van der Waals surface area (Å²) in [5, 5.41) is 29.5. The minimum absolute atomic E-state index is 0.113. The molecule has 0 saturated carbocycles. The van der Waals surface area contributed by atoms with Gasteiger partial charge in [-0.2, -0.15) is 20.5 Å². The van der Waals surface area contributed by atoms with Gasteiger partial charge >= 0.3 is 5.97 Å². The van der Waals surface area contributed by atoms with Gasteiger partial charge in [0.15, 0.2) is 0 Å². The molecule has 0 N–H and O–H groups in total. The molecule has 0 unspecified atom stereocenters. The molecule has 1 aliphatic heterocycles. The first kappa shape index (κ1) is 78.3. The van der Waals surface area contributed by atoms with Crippen molar-refractivity contribution in [2.45, 2.75) is 215 Å². The Morgan fingerprint density at radius 3 is 1.04 bits per heavy atom. The van der Waals surface area contributed by atoms with Crippen molar-refractivity contribution >= 4 is 58.7 Å². The van der Waals surface area contributed by atoms with Crippen molar-refractivity contribution in [2.75, 3.05) is 19.8 Å². The Labute approximate surface area is 598 Å². The highest BCUT2D eigenvalue weighted by atomic mass is 16.6. The molecule has 1 aliphatic rings. The zero-order chi connectivity index (χ0) is 70.8. The second-order valence-electron chi connectivity index (χ2n) is 26.8. The molecule has 0 aromatic heterocycles. The molecule has 0 fully saturated rings. The number of hydrogen-bond acceptors (Lipinski definition) is 10. The Bertz CT molecular complexity index is 3680. The van der Waals surface area contributed by atoms with Gasteiger partial charge < -0.3 is 14.2 Å². The number of nitrogens with zero attached hydrogens (tertiary/aromatic N) is 5. The van der Waals surface area contributed by atoms with E-state index in [-0.39, 0.29) is 11.7 Å². The average molecular weight is 1350 g/mol. The molecule has 0 saturated heterocycles. The van der Waals surface area contributed by atoms with Gasteiger partial charge in [0.25, 0.3) is 5.69 Å². The first-order chi connectivity index (χ1) is 48.9. The molecule has 8 aromatic rings. The summed E-state index contributed by atoms with van der Waals surface area (Å²) in [6.45, 7) is 17.1. The van der Waals surface area contributed by atoms with E-state index >= 15 is 0 Å². The predicted molar refractivity (Wildman–Crippen MR) is 418 cm³/mol. The van der Waals surface area contributed by atoms with E-state index in [1.165, 1.54) is 174 Å². The largest absolute Gasteiger partial charge is 0.493 e. The molecule has 1 heterocycles. The topological polar surface area (TPSA) is 137 Å². The number of rotatable bonds is 35. The Balaban J connectivity index is 0.000000270. The van der Waals surface area contributed by atoms with Crippen LogP contribution in [-0.4, -0.2) is 30.7 Å². The van der Waals surface area contributed by atoms with Crippen LogP contribution < -0.4 is 9.47 Å². The lowest BCUT2D eigenvalue weighted by molar-refractivity contribution is -0.384. The summed E-state index contributed by atoms with van der Waals surface area (Å²) >= 11 is 0. The first-order valence-corrected chi connectivity index (χ1v) is 37.4. The van der Waals surface area contributed by atoms with Crippen molar-refractivity contribution in [1.29, 1.82) is 0 Å². The zero-order valence-electron chi connectivity index (χ0n) is 61.2. The molecule has 528 valence electrons. The molecule has 9 rings (SSSR count). The van der Waals surface area contributed by atoms with Crippen LogP contribution in [0.1, 0.15) is 252 Å². The number of esters is 1. The van der Waals surface area contributed by atoms with Crippen molar-refractivity contribution in [3.05, 3.63) is 252 Å². The molecule has 0 radical (unpaired) electrons. The van der Waals surface area contributed by atoms with E-state index in [1.807, 2.05) is 85.8 Å². The highest BCUT2D eigenvalue weighted by molar-refractivity contribution is 5.89. The molecule has 11 nitrogen and oxygen atoms in total. The fraction of sp³-hybridized carbons (Fsp3) is 0.404. The number of nitro benzene ring substituents is 1. The number of aryl methyl sites for hydroxylation is 4. The first-order valence-electron chi connectivity index (χ1n) is 37.4. The minimum atomic E-state index is -0.395.